The number of halogens is 1. The van der Waals surface area contributed by atoms with E-state index in [0.29, 0.717) is 26.7 Å². The Hall–Kier alpha value is -6.16. The summed E-state index contributed by atoms with van der Waals surface area (Å²) in [6.07, 6.45) is -2.44. The van der Waals surface area contributed by atoms with Crippen molar-refractivity contribution in [3.63, 3.8) is 0 Å². The Balaban J connectivity index is 1.01. The van der Waals surface area contributed by atoms with Gasteiger partial charge < -0.3 is 34.7 Å². The van der Waals surface area contributed by atoms with Crippen LogP contribution >= 0.6 is 29.8 Å². The predicted molar refractivity (Wildman–Crippen MR) is 242 cm³/mol. The van der Waals surface area contributed by atoms with Crippen molar-refractivity contribution in [2.24, 2.45) is 0 Å². The highest BCUT2D eigenvalue weighted by molar-refractivity contribution is 8.55. The molecule has 348 valence electrons. The summed E-state index contributed by atoms with van der Waals surface area (Å²) >= 11 is 6.91. The number of Topliss-reactive ketones (excluding diaryl/α,β-unsaturated/α-hetero) is 1. The van der Waals surface area contributed by atoms with Crippen molar-refractivity contribution in [3.8, 4) is 0 Å². The molecule has 5 heterocycles. The average molecular weight is 973 g/mol. The first-order valence-corrected chi connectivity index (χ1v) is 24.2. The molecule has 0 spiro atoms. The van der Waals surface area contributed by atoms with Gasteiger partial charge in [-0.15, -0.1) is 0 Å². The Morgan fingerprint density at radius 2 is 1.49 bits per heavy atom. The normalized spacial score (nSPS) is 21.1. The summed E-state index contributed by atoms with van der Waals surface area (Å²) in [5.41, 5.74) is 0.543. The fraction of sp³-hybridized carbons (Fsp3) is 0.295. The maximum atomic E-state index is 15.0. The number of anilines is 2. The van der Waals surface area contributed by atoms with E-state index in [4.69, 9.17) is 34.9 Å². The molecule has 3 aromatic carbocycles. The lowest BCUT2D eigenvalue weighted by atomic mass is 10.2. The van der Waals surface area contributed by atoms with Gasteiger partial charge >= 0.3 is 18.5 Å². The number of nitrogens with zero attached hydrogens (tertiary/aromatic N) is 6. The van der Waals surface area contributed by atoms with Crippen LogP contribution in [0.5, 0.6) is 0 Å². The first-order valence-electron chi connectivity index (χ1n) is 20.8. The molecule has 0 radical (unpaired) electrons. The maximum absolute atomic E-state index is 15.0. The number of aliphatic hydroxyl groups is 1. The number of rotatable bonds is 18. The standard InChI is InChI=1S/C44H42ClN8O12PS/c1-26(55)12-17-38(56)64-31-20-36(52-19-18-35(50-44(52)59)49-42(57)27-8-4-2-5-9-27)63-34(31)23-61-66(60,67-30-15-13-29(45)14-16-30)65-32-21-37(62-33(32)22-54)53-25-48-39-40(46-24-47-41(39)53)51-43(58)28-10-6-3-7-11-28/h2-11,13-16,18-19,24-25,31-34,36-37,54H,12,17,20-23H2,1H3,(H,46,47,51,58)(H,49,50,57,59)/t31-,32-,33+,34+,36+,37+,66?/m0/s1. The number of aliphatic hydroxyl groups excluding tert-OH is 1. The number of nitrogens with one attached hydrogen (secondary N) is 2. The van der Waals surface area contributed by atoms with E-state index in [0.717, 1.165) is 15.9 Å². The predicted octanol–water partition coefficient (Wildman–Crippen LogP) is 6.39. The number of imidazole rings is 1. The summed E-state index contributed by atoms with van der Waals surface area (Å²) < 4.78 is 48.4. The first kappa shape index (κ1) is 47.3. The summed E-state index contributed by atoms with van der Waals surface area (Å²) in [7, 11) is 0. The Morgan fingerprint density at radius 3 is 2.16 bits per heavy atom. The quantitative estimate of drug-likeness (QED) is 0.0623. The van der Waals surface area contributed by atoms with E-state index in [-0.39, 0.29) is 48.6 Å². The number of ether oxygens (including phenoxy) is 3. The van der Waals surface area contributed by atoms with Gasteiger partial charge in [0.05, 0.1) is 26.0 Å². The van der Waals surface area contributed by atoms with Gasteiger partial charge in [0.1, 0.15) is 54.8 Å². The Kier molecular flexibility index (Phi) is 15.0. The molecule has 0 bridgehead atoms. The van der Waals surface area contributed by atoms with Crippen LogP contribution < -0.4 is 16.3 Å². The molecule has 0 saturated carbocycles. The third-order valence-corrected chi connectivity index (χ3v) is 14.4. The summed E-state index contributed by atoms with van der Waals surface area (Å²) in [4.78, 5) is 81.2. The monoisotopic (exact) mass is 972 g/mol. The zero-order valence-electron chi connectivity index (χ0n) is 35.5. The number of hydrogen-bond acceptors (Lipinski definition) is 17. The van der Waals surface area contributed by atoms with E-state index < -0.39 is 80.4 Å². The minimum Gasteiger partial charge on any atom is -0.459 e. The molecule has 67 heavy (non-hydrogen) atoms. The van der Waals surface area contributed by atoms with Crippen LogP contribution in [0.15, 0.2) is 120 Å². The van der Waals surface area contributed by atoms with Crippen LogP contribution in [0.1, 0.15) is 65.8 Å². The summed E-state index contributed by atoms with van der Waals surface area (Å²) in [6.45, 7) is -4.04. The fourth-order valence-corrected chi connectivity index (χ4v) is 10.9. The van der Waals surface area contributed by atoms with Crippen molar-refractivity contribution in [1.29, 1.82) is 0 Å². The molecule has 2 saturated heterocycles. The smallest absolute Gasteiger partial charge is 0.394 e. The number of benzene rings is 3. The van der Waals surface area contributed by atoms with Crippen molar-refractivity contribution in [3.05, 3.63) is 136 Å². The average Bonchev–Trinajstić information content (AvgIpc) is 4.06. The number of amides is 2. The lowest BCUT2D eigenvalue weighted by Gasteiger charge is -2.26. The third kappa shape index (κ3) is 11.7. The van der Waals surface area contributed by atoms with Crippen molar-refractivity contribution >= 4 is 76.1 Å². The van der Waals surface area contributed by atoms with Gasteiger partial charge in [-0.3, -0.25) is 32.6 Å². The van der Waals surface area contributed by atoms with Crippen LogP contribution in [-0.2, 0) is 37.4 Å². The van der Waals surface area contributed by atoms with E-state index in [1.807, 2.05) is 0 Å². The second kappa shape index (κ2) is 21.2. The number of hydrogen-bond donors (Lipinski definition) is 3. The number of carbonyl (C=O) groups excluding carboxylic acids is 4. The molecule has 3 N–H and O–H groups in total. The van der Waals surface area contributed by atoms with E-state index in [1.165, 1.54) is 31.8 Å². The minimum atomic E-state index is -4.35. The summed E-state index contributed by atoms with van der Waals surface area (Å²) in [5, 5.41) is 16.3. The fourth-order valence-electron chi connectivity index (χ4n) is 7.23. The van der Waals surface area contributed by atoms with Gasteiger partial charge in [-0.2, -0.15) is 4.98 Å². The van der Waals surface area contributed by atoms with Crippen LogP contribution in [0.4, 0.5) is 11.6 Å². The number of aromatic nitrogens is 6. The van der Waals surface area contributed by atoms with E-state index in [2.05, 4.69) is 30.6 Å². The molecule has 2 aliphatic rings. The van der Waals surface area contributed by atoms with Crippen molar-refractivity contribution in [2.75, 3.05) is 23.8 Å². The molecule has 2 amide bonds. The highest BCUT2D eigenvalue weighted by atomic mass is 35.5. The second-order valence-corrected chi connectivity index (χ2v) is 19.6. The number of esters is 1. The Bertz CT molecular complexity index is 2860. The lowest BCUT2D eigenvalue weighted by Crippen LogP contribution is -2.32. The van der Waals surface area contributed by atoms with E-state index >= 15 is 4.57 Å². The van der Waals surface area contributed by atoms with Crippen LogP contribution in [0.25, 0.3) is 11.2 Å². The van der Waals surface area contributed by atoms with Gasteiger partial charge in [-0.25, -0.2) is 24.3 Å². The summed E-state index contributed by atoms with van der Waals surface area (Å²) in [6, 6.07) is 24.7. The topological polar surface area (TPSA) is 254 Å². The van der Waals surface area contributed by atoms with Crippen LogP contribution in [0, 0.1) is 0 Å². The summed E-state index contributed by atoms with van der Waals surface area (Å²) in [5.74, 6) is -1.67. The number of fused-ring (bicyclic) bond motifs is 1. The molecule has 2 fully saturated rings. The molecule has 20 nitrogen and oxygen atoms in total. The molecule has 23 heteroatoms. The molecule has 7 atom stereocenters. The molecule has 6 aromatic rings. The van der Waals surface area contributed by atoms with Gasteiger partial charge in [-0.05, 0) is 72.9 Å². The molecular formula is C44H42ClN8O12PS. The molecule has 3 aromatic heterocycles. The maximum Gasteiger partial charge on any atom is 0.394 e. The van der Waals surface area contributed by atoms with Crippen LogP contribution in [-0.4, -0.2) is 95.4 Å². The van der Waals surface area contributed by atoms with E-state index in [9.17, 15) is 29.1 Å². The van der Waals surface area contributed by atoms with Gasteiger partial charge in [0.2, 0.25) is 0 Å². The zero-order chi connectivity index (χ0) is 47.1. The van der Waals surface area contributed by atoms with Crippen molar-refractivity contribution < 1.29 is 52.1 Å². The Labute approximate surface area is 390 Å². The van der Waals surface area contributed by atoms with Crippen LogP contribution in [0.2, 0.25) is 5.02 Å². The first-order chi connectivity index (χ1) is 32.3. The highest BCUT2D eigenvalue weighted by Crippen LogP contribution is 2.65. The van der Waals surface area contributed by atoms with Gasteiger partial charge in [-0.1, -0.05) is 48.0 Å². The molecular weight excluding hydrogens is 931 g/mol. The van der Waals surface area contributed by atoms with Crippen molar-refractivity contribution in [1.82, 2.24) is 29.1 Å². The molecule has 0 aliphatic carbocycles. The zero-order valence-corrected chi connectivity index (χ0v) is 37.9. The molecule has 1 unspecified atom stereocenters. The number of ketones is 1. The van der Waals surface area contributed by atoms with Gasteiger partial charge in [0, 0.05) is 46.5 Å². The third-order valence-electron chi connectivity index (χ3n) is 10.6. The van der Waals surface area contributed by atoms with E-state index in [1.54, 1.807) is 89.5 Å². The number of carbonyl (C=O) groups is 4. The SMILES string of the molecule is CC(=O)CCC(=O)O[C@H]1C[C@H](n2ccc(NC(=O)c3ccccc3)nc2=O)O[C@@H]1COP(=O)(O[C@H]1C[C@H](n2cnc3c(NC(=O)c4ccccc4)ncnc32)O[C@@H]1CO)Sc1ccc(Cl)cc1. The van der Waals surface area contributed by atoms with Crippen LogP contribution in [0.3, 0.4) is 0 Å². The molecule has 8 rings (SSSR count). The minimum absolute atomic E-state index is 0.0107. The van der Waals surface area contributed by atoms with Gasteiger partial charge in [0.25, 0.3) is 11.8 Å². The largest absolute Gasteiger partial charge is 0.459 e. The molecule has 2 aliphatic heterocycles. The van der Waals surface area contributed by atoms with Gasteiger partial charge in [0.15, 0.2) is 17.0 Å². The highest BCUT2D eigenvalue weighted by Gasteiger charge is 2.45. The lowest BCUT2D eigenvalue weighted by molar-refractivity contribution is -0.153. The second-order valence-electron chi connectivity index (χ2n) is 15.3. The van der Waals surface area contributed by atoms with Crippen molar-refractivity contribution in [2.45, 2.75) is 74.4 Å². The Morgan fingerprint density at radius 1 is 0.836 bits per heavy atom.